The summed E-state index contributed by atoms with van der Waals surface area (Å²) < 4.78 is 6.22. The van der Waals surface area contributed by atoms with E-state index in [1.54, 1.807) is 0 Å². The van der Waals surface area contributed by atoms with Crippen molar-refractivity contribution in [1.29, 1.82) is 0 Å². The molecule has 24 heavy (non-hydrogen) atoms. The molecule has 1 aliphatic heterocycles. The fraction of sp³-hybridized carbons (Fsp3) is 0.389. The van der Waals surface area contributed by atoms with Crippen molar-refractivity contribution in [2.24, 2.45) is 0 Å². The molecule has 0 bridgehead atoms. The van der Waals surface area contributed by atoms with Gasteiger partial charge in [0.2, 0.25) is 0 Å². The Labute approximate surface area is 150 Å². The Morgan fingerprint density at radius 3 is 2.71 bits per heavy atom. The summed E-state index contributed by atoms with van der Waals surface area (Å²) >= 11 is 7.63. The van der Waals surface area contributed by atoms with Crippen molar-refractivity contribution in [3.8, 4) is 5.75 Å². The summed E-state index contributed by atoms with van der Waals surface area (Å²) in [6.45, 7) is 3.34. The number of carboxylic acid groups (broad SMARTS) is 1. The highest BCUT2D eigenvalue weighted by molar-refractivity contribution is 7.16. The Morgan fingerprint density at radius 1 is 1.38 bits per heavy atom. The summed E-state index contributed by atoms with van der Waals surface area (Å²) in [5, 5.41) is 9.56. The molecule has 0 aliphatic carbocycles. The van der Waals surface area contributed by atoms with E-state index in [0.717, 1.165) is 29.2 Å². The molecule has 0 radical (unpaired) electrons. The number of nitrogens with zero attached hydrogens (tertiary/aromatic N) is 1. The van der Waals surface area contributed by atoms with E-state index in [1.165, 1.54) is 11.3 Å². The van der Waals surface area contributed by atoms with Crippen LogP contribution in [0.5, 0.6) is 5.75 Å². The normalized spacial score (nSPS) is 19.3. The monoisotopic (exact) mass is 365 g/mol. The Bertz CT molecular complexity index is 701. The number of benzene rings is 1. The third-order valence-corrected chi connectivity index (χ3v) is 5.56. The highest BCUT2D eigenvalue weighted by Crippen LogP contribution is 2.39. The average Bonchev–Trinajstić information content (AvgIpc) is 3.19. The minimum Gasteiger partial charge on any atom is -0.494 e. The number of hydrogen-bond donors (Lipinski definition) is 1. The minimum atomic E-state index is -0.758. The van der Waals surface area contributed by atoms with Crippen LogP contribution in [0.25, 0.3) is 0 Å². The Kier molecular flexibility index (Phi) is 5.43. The smallest absolute Gasteiger partial charge is 0.320 e. The van der Waals surface area contributed by atoms with Crippen LogP contribution in [-0.2, 0) is 4.79 Å². The standard InChI is InChI=1S/C18H20ClNO3S/c1-2-23-13-7-5-12(6-8-13)17(15-9-10-16(19)24-15)20-11-3-4-14(20)18(21)22/h5-10,14,17H,2-4,11H2,1H3,(H,21,22). The van der Waals surface area contributed by atoms with Crippen LogP contribution in [0, 0.1) is 0 Å². The molecule has 2 atom stereocenters. The van der Waals surface area contributed by atoms with Crippen molar-refractivity contribution in [3.63, 3.8) is 0 Å². The summed E-state index contributed by atoms with van der Waals surface area (Å²) in [6, 6.07) is 11.2. The molecule has 1 aromatic carbocycles. The van der Waals surface area contributed by atoms with Crippen molar-refractivity contribution in [2.45, 2.75) is 31.8 Å². The third-order valence-electron chi connectivity index (χ3n) is 4.28. The van der Waals surface area contributed by atoms with Crippen LogP contribution in [-0.4, -0.2) is 35.2 Å². The summed E-state index contributed by atoms with van der Waals surface area (Å²) in [4.78, 5) is 14.8. The van der Waals surface area contributed by atoms with Crippen LogP contribution in [0.2, 0.25) is 4.34 Å². The number of ether oxygens (including phenoxy) is 1. The van der Waals surface area contributed by atoms with Gasteiger partial charge in [-0.15, -0.1) is 11.3 Å². The lowest BCUT2D eigenvalue weighted by Gasteiger charge is -2.31. The first-order valence-electron chi connectivity index (χ1n) is 8.06. The van der Waals surface area contributed by atoms with Gasteiger partial charge in [-0.2, -0.15) is 0 Å². The van der Waals surface area contributed by atoms with Crippen LogP contribution >= 0.6 is 22.9 Å². The van der Waals surface area contributed by atoms with Gasteiger partial charge < -0.3 is 9.84 Å². The molecule has 128 valence electrons. The molecule has 3 rings (SSSR count). The molecule has 6 heteroatoms. The van der Waals surface area contributed by atoms with Crippen molar-refractivity contribution >= 4 is 28.9 Å². The van der Waals surface area contributed by atoms with Crippen molar-refractivity contribution in [2.75, 3.05) is 13.2 Å². The van der Waals surface area contributed by atoms with Gasteiger partial charge in [-0.1, -0.05) is 23.7 Å². The van der Waals surface area contributed by atoms with Gasteiger partial charge in [0.1, 0.15) is 11.8 Å². The summed E-state index contributed by atoms with van der Waals surface area (Å²) in [6.07, 6.45) is 1.57. The Hall–Kier alpha value is -1.56. The molecule has 1 fully saturated rings. The predicted octanol–water partition coefficient (Wildman–Crippen LogP) is 4.44. The molecule has 2 aromatic rings. The average molecular weight is 366 g/mol. The van der Waals surface area contributed by atoms with Crippen LogP contribution in [0.15, 0.2) is 36.4 Å². The van der Waals surface area contributed by atoms with E-state index in [0.29, 0.717) is 17.4 Å². The Balaban J connectivity index is 1.97. The van der Waals surface area contributed by atoms with Gasteiger partial charge in [0.25, 0.3) is 0 Å². The number of rotatable bonds is 6. The van der Waals surface area contributed by atoms with Crippen LogP contribution in [0.4, 0.5) is 0 Å². The minimum absolute atomic E-state index is 0.0956. The highest BCUT2D eigenvalue weighted by atomic mass is 35.5. The largest absolute Gasteiger partial charge is 0.494 e. The van der Waals surface area contributed by atoms with E-state index in [4.69, 9.17) is 16.3 Å². The van der Waals surface area contributed by atoms with E-state index >= 15 is 0 Å². The van der Waals surface area contributed by atoms with E-state index in [2.05, 4.69) is 4.90 Å². The summed E-state index contributed by atoms with van der Waals surface area (Å²) in [7, 11) is 0. The molecule has 4 nitrogen and oxygen atoms in total. The molecule has 0 saturated carbocycles. The van der Waals surface area contributed by atoms with E-state index in [1.807, 2.05) is 43.3 Å². The Morgan fingerprint density at radius 2 is 2.12 bits per heavy atom. The SMILES string of the molecule is CCOc1ccc(C(c2ccc(Cl)s2)N2CCCC2C(=O)O)cc1. The van der Waals surface area contributed by atoms with Crippen LogP contribution in [0.1, 0.15) is 36.2 Å². The number of carbonyl (C=O) groups is 1. The van der Waals surface area contributed by atoms with Gasteiger partial charge in [0, 0.05) is 11.4 Å². The third kappa shape index (κ3) is 3.58. The summed E-state index contributed by atoms with van der Waals surface area (Å²) in [5.74, 6) is 0.0616. The highest BCUT2D eigenvalue weighted by Gasteiger charge is 2.37. The van der Waals surface area contributed by atoms with Crippen LogP contribution < -0.4 is 4.74 Å². The maximum absolute atomic E-state index is 11.6. The molecule has 1 N–H and O–H groups in total. The number of hydrogen-bond acceptors (Lipinski definition) is 4. The first kappa shape index (κ1) is 17.3. The fourth-order valence-electron chi connectivity index (χ4n) is 3.27. The summed E-state index contributed by atoms with van der Waals surface area (Å²) in [5.41, 5.74) is 1.06. The fourth-order valence-corrected chi connectivity index (χ4v) is 4.48. The lowest BCUT2D eigenvalue weighted by Crippen LogP contribution is -2.38. The van der Waals surface area contributed by atoms with Gasteiger partial charge in [0.15, 0.2) is 0 Å². The van der Waals surface area contributed by atoms with Crippen molar-refractivity contribution in [3.05, 3.63) is 51.2 Å². The second-order valence-electron chi connectivity index (χ2n) is 5.78. The van der Waals surface area contributed by atoms with Crippen LogP contribution in [0.3, 0.4) is 0 Å². The zero-order valence-corrected chi connectivity index (χ0v) is 15.0. The predicted molar refractivity (Wildman–Crippen MR) is 96.1 cm³/mol. The molecule has 1 aromatic heterocycles. The zero-order chi connectivity index (χ0) is 17.1. The first-order chi connectivity index (χ1) is 11.6. The molecular formula is C18H20ClNO3S. The molecule has 1 saturated heterocycles. The molecule has 2 heterocycles. The first-order valence-corrected chi connectivity index (χ1v) is 9.26. The molecular weight excluding hydrogens is 346 g/mol. The van der Waals surface area contributed by atoms with Crippen molar-refractivity contribution < 1.29 is 14.6 Å². The number of aliphatic carboxylic acids is 1. The maximum Gasteiger partial charge on any atom is 0.320 e. The van der Waals surface area contributed by atoms with Crippen molar-refractivity contribution in [1.82, 2.24) is 4.90 Å². The number of thiophene rings is 1. The molecule has 1 aliphatic rings. The quantitative estimate of drug-likeness (QED) is 0.822. The number of halogens is 1. The van der Waals surface area contributed by atoms with Gasteiger partial charge >= 0.3 is 5.97 Å². The molecule has 0 amide bonds. The number of likely N-dealkylation sites (tertiary alicyclic amines) is 1. The van der Waals surface area contributed by atoms with E-state index < -0.39 is 12.0 Å². The van der Waals surface area contributed by atoms with Gasteiger partial charge in [0.05, 0.1) is 17.0 Å². The van der Waals surface area contributed by atoms with Gasteiger partial charge in [-0.05, 0) is 49.6 Å². The zero-order valence-electron chi connectivity index (χ0n) is 13.4. The topological polar surface area (TPSA) is 49.8 Å². The lowest BCUT2D eigenvalue weighted by molar-refractivity contribution is -0.142. The van der Waals surface area contributed by atoms with Gasteiger partial charge in [-0.3, -0.25) is 9.69 Å². The number of carboxylic acids is 1. The van der Waals surface area contributed by atoms with Gasteiger partial charge in [-0.25, -0.2) is 0 Å². The van der Waals surface area contributed by atoms with E-state index in [9.17, 15) is 9.90 Å². The molecule has 0 spiro atoms. The van der Waals surface area contributed by atoms with E-state index in [-0.39, 0.29) is 6.04 Å². The maximum atomic E-state index is 11.6. The second kappa shape index (κ2) is 7.55. The second-order valence-corrected chi connectivity index (χ2v) is 7.53. The lowest BCUT2D eigenvalue weighted by atomic mass is 10.0. The molecule has 2 unspecified atom stereocenters.